The van der Waals surface area contributed by atoms with Crippen LogP contribution in [0.3, 0.4) is 0 Å². The molecule has 2 aromatic heterocycles. The van der Waals surface area contributed by atoms with Crippen LogP contribution in [0.15, 0.2) is 53.3 Å². The summed E-state index contributed by atoms with van der Waals surface area (Å²) >= 11 is 3.44. The number of carboxylic acid groups (broad SMARTS) is 1. The molecule has 6 heteroatoms. The van der Waals surface area contributed by atoms with Crippen molar-refractivity contribution in [1.29, 1.82) is 0 Å². The van der Waals surface area contributed by atoms with Crippen LogP contribution in [0.4, 0.5) is 0 Å². The molecule has 2 heterocycles. The quantitative estimate of drug-likeness (QED) is 0.611. The van der Waals surface area contributed by atoms with Gasteiger partial charge in [-0.05, 0) is 65.7 Å². The lowest BCUT2D eigenvalue weighted by molar-refractivity contribution is 0.0698. The van der Waals surface area contributed by atoms with Crippen LogP contribution in [0, 0.1) is 5.92 Å². The van der Waals surface area contributed by atoms with Gasteiger partial charge in [0.1, 0.15) is 16.8 Å². The van der Waals surface area contributed by atoms with Crippen LogP contribution in [0.25, 0.3) is 11.0 Å². The van der Waals surface area contributed by atoms with Crippen molar-refractivity contribution in [3.63, 3.8) is 0 Å². The van der Waals surface area contributed by atoms with E-state index in [0.29, 0.717) is 11.4 Å². The number of aromatic carboxylic acids is 1. The van der Waals surface area contributed by atoms with Gasteiger partial charge in [-0.2, -0.15) is 0 Å². The van der Waals surface area contributed by atoms with Gasteiger partial charge in [0.15, 0.2) is 0 Å². The molecular weight excluding hydrogens is 408 g/mol. The fourth-order valence-electron chi connectivity index (χ4n) is 3.85. The number of benzene rings is 1. The van der Waals surface area contributed by atoms with Crippen molar-refractivity contribution in [1.82, 2.24) is 9.55 Å². The average molecular weight is 429 g/mol. The third-order valence-electron chi connectivity index (χ3n) is 5.21. The zero-order valence-electron chi connectivity index (χ0n) is 14.8. The van der Waals surface area contributed by atoms with E-state index in [9.17, 15) is 9.90 Å². The summed E-state index contributed by atoms with van der Waals surface area (Å²) in [6.07, 6.45) is 7.81. The molecule has 0 radical (unpaired) electrons. The molecule has 0 saturated heterocycles. The number of rotatable bonds is 5. The van der Waals surface area contributed by atoms with Crippen molar-refractivity contribution in [2.24, 2.45) is 5.92 Å². The first-order valence-corrected chi connectivity index (χ1v) is 9.99. The lowest BCUT2D eigenvalue weighted by atomic mass is 9.87. The molecule has 0 atom stereocenters. The van der Waals surface area contributed by atoms with Gasteiger partial charge in [-0.15, -0.1) is 0 Å². The molecular formula is C21H21BrN2O3. The van der Waals surface area contributed by atoms with Gasteiger partial charge < -0.3 is 14.4 Å². The molecule has 4 rings (SSSR count). The van der Waals surface area contributed by atoms with Crippen molar-refractivity contribution >= 4 is 32.9 Å². The molecule has 1 aliphatic rings. The maximum Gasteiger partial charge on any atom is 0.339 e. The Hall–Kier alpha value is -2.34. The number of nitrogens with zero attached hydrogens (tertiary/aromatic N) is 2. The monoisotopic (exact) mass is 428 g/mol. The minimum absolute atomic E-state index is 0.260. The number of fused-ring (bicyclic) bond motifs is 1. The number of hydrogen-bond donors (Lipinski definition) is 1. The highest BCUT2D eigenvalue weighted by molar-refractivity contribution is 9.10. The maximum atomic E-state index is 11.5. The van der Waals surface area contributed by atoms with E-state index in [0.717, 1.165) is 48.0 Å². The summed E-state index contributed by atoms with van der Waals surface area (Å²) in [6.45, 7) is 0.806. The summed E-state index contributed by atoms with van der Waals surface area (Å²) in [5, 5.41) is 9.46. The second kappa shape index (κ2) is 7.72. The molecule has 0 aliphatic heterocycles. The molecule has 0 spiro atoms. The van der Waals surface area contributed by atoms with Gasteiger partial charge in [0, 0.05) is 23.4 Å². The van der Waals surface area contributed by atoms with Gasteiger partial charge in [-0.1, -0.05) is 18.2 Å². The highest BCUT2D eigenvalue weighted by Gasteiger charge is 2.24. The predicted octanol–water partition coefficient (Wildman–Crippen LogP) is 5.13. The first-order valence-electron chi connectivity index (χ1n) is 9.19. The number of carbonyl (C=O) groups is 1. The number of ether oxygens (including phenoxy) is 1. The maximum absolute atomic E-state index is 11.5. The van der Waals surface area contributed by atoms with E-state index < -0.39 is 5.97 Å². The molecule has 0 unspecified atom stereocenters. The molecule has 27 heavy (non-hydrogen) atoms. The van der Waals surface area contributed by atoms with Crippen LogP contribution >= 0.6 is 15.9 Å². The first kappa shape index (κ1) is 18.0. The minimum Gasteiger partial charge on any atom is -0.490 e. The summed E-state index contributed by atoms with van der Waals surface area (Å²) in [7, 11) is 0. The molecule has 140 valence electrons. The van der Waals surface area contributed by atoms with Crippen LogP contribution in [-0.2, 0) is 6.54 Å². The third-order valence-corrected chi connectivity index (χ3v) is 5.64. The normalized spacial score (nSPS) is 19.9. The van der Waals surface area contributed by atoms with Gasteiger partial charge in [0.2, 0.25) is 0 Å². The van der Waals surface area contributed by atoms with E-state index in [1.165, 1.54) is 0 Å². The van der Waals surface area contributed by atoms with E-state index in [1.54, 1.807) is 12.4 Å². The second-order valence-corrected chi connectivity index (χ2v) is 8.01. The zero-order chi connectivity index (χ0) is 18.8. The number of aromatic nitrogens is 2. The van der Waals surface area contributed by atoms with Crippen LogP contribution in [0.1, 0.15) is 36.0 Å². The summed E-state index contributed by atoms with van der Waals surface area (Å²) in [4.78, 5) is 15.8. The molecule has 1 aliphatic carbocycles. The Kier molecular flexibility index (Phi) is 5.16. The fourth-order valence-corrected chi connectivity index (χ4v) is 4.17. The van der Waals surface area contributed by atoms with E-state index in [-0.39, 0.29) is 11.7 Å². The summed E-state index contributed by atoms with van der Waals surface area (Å²) in [5.41, 5.74) is 1.68. The molecule has 3 aromatic rings. The molecule has 5 nitrogen and oxygen atoms in total. The molecule has 0 amide bonds. The molecule has 1 N–H and O–H groups in total. The van der Waals surface area contributed by atoms with Gasteiger partial charge in [-0.3, -0.25) is 4.98 Å². The van der Waals surface area contributed by atoms with Crippen molar-refractivity contribution < 1.29 is 14.6 Å². The van der Waals surface area contributed by atoms with Crippen molar-refractivity contribution in [2.75, 3.05) is 0 Å². The number of para-hydroxylation sites is 1. The Balaban J connectivity index is 1.45. The Morgan fingerprint density at radius 1 is 1.22 bits per heavy atom. The second-order valence-electron chi connectivity index (χ2n) is 7.10. The van der Waals surface area contributed by atoms with E-state index in [1.807, 2.05) is 41.0 Å². The Morgan fingerprint density at radius 3 is 2.67 bits per heavy atom. The van der Waals surface area contributed by atoms with Gasteiger partial charge in [0.05, 0.1) is 11.6 Å². The smallest absolute Gasteiger partial charge is 0.339 e. The third kappa shape index (κ3) is 4.00. The van der Waals surface area contributed by atoms with Gasteiger partial charge in [-0.25, -0.2) is 4.79 Å². The average Bonchev–Trinajstić information content (AvgIpc) is 3.02. The molecule has 0 bridgehead atoms. The van der Waals surface area contributed by atoms with E-state index >= 15 is 0 Å². The molecule has 1 fully saturated rings. The number of halogens is 1. The summed E-state index contributed by atoms with van der Waals surface area (Å²) < 4.78 is 8.97. The van der Waals surface area contributed by atoms with Crippen LogP contribution in [0.5, 0.6) is 5.75 Å². The largest absolute Gasteiger partial charge is 0.490 e. The van der Waals surface area contributed by atoms with Crippen molar-refractivity contribution in [3.8, 4) is 5.75 Å². The van der Waals surface area contributed by atoms with Crippen LogP contribution in [0.2, 0.25) is 0 Å². The lowest BCUT2D eigenvalue weighted by Crippen LogP contribution is -2.26. The lowest BCUT2D eigenvalue weighted by Gasteiger charge is -2.29. The van der Waals surface area contributed by atoms with Crippen LogP contribution < -0.4 is 4.74 Å². The molecule has 1 aromatic carbocycles. The van der Waals surface area contributed by atoms with Gasteiger partial charge >= 0.3 is 5.97 Å². The summed E-state index contributed by atoms with van der Waals surface area (Å²) in [6, 6.07) is 11.9. The Labute approximate surface area is 166 Å². The zero-order valence-corrected chi connectivity index (χ0v) is 16.4. The Morgan fingerprint density at radius 2 is 1.96 bits per heavy atom. The fraction of sp³-hybridized carbons (Fsp3) is 0.333. The van der Waals surface area contributed by atoms with Crippen molar-refractivity contribution in [2.45, 2.75) is 38.3 Å². The van der Waals surface area contributed by atoms with Crippen molar-refractivity contribution in [3.05, 3.63) is 58.8 Å². The van der Waals surface area contributed by atoms with Gasteiger partial charge in [0.25, 0.3) is 0 Å². The summed E-state index contributed by atoms with van der Waals surface area (Å²) in [5.74, 6) is 0.504. The van der Waals surface area contributed by atoms with E-state index in [2.05, 4.69) is 20.9 Å². The minimum atomic E-state index is -0.937. The number of pyridine rings is 1. The highest BCUT2D eigenvalue weighted by Crippen LogP contribution is 2.31. The first-order chi connectivity index (χ1) is 13.1. The molecule has 1 saturated carbocycles. The SMILES string of the molecule is O=C(O)c1cn(CC2CCC(Oc3ccccc3)CC2)c2cc(Br)cnc12. The Bertz CT molecular complexity index is 947. The van der Waals surface area contributed by atoms with E-state index in [4.69, 9.17) is 4.74 Å². The topological polar surface area (TPSA) is 64.3 Å². The van der Waals surface area contributed by atoms with Crippen LogP contribution in [-0.4, -0.2) is 26.7 Å². The standard InChI is InChI=1S/C21H21BrN2O3/c22-15-10-19-20(23-11-15)18(21(25)26)13-24(19)12-14-6-8-17(9-7-14)27-16-4-2-1-3-5-16/h1-5,10-11,13-14,17H,6-9,12H2,(H,25,26). The predicted molar refractivity (Wildman–Crippen MR) is 107 cm³/mol. The number of hydrogen-bond acceptors (Lipinski definition) is 3. The number of carboxylic acids is 1. The highest BCUT2D eigenvalue weighted by atomic mass is 79.9.